The predicted octanol–water partition coefficient (Wildman–Crippen LogP) is 0.0335. The lowest BCUT2D eigenvalue weighted by molar-refractivity contribution is -0.119. The summed E-state index contributed by atoms with van der Waals surface area (Å²) in [5, 5.41) is 11.4. The van der Waals surface area contributed by atoms with Gasteiger partial charge in [0.15, 0.2) is 0 Å². The van der Waals surface area contributed by atoms with Gasteiger partial charge in [0.2, 0.25) is 15.9 Å². The number of nitriles is 1. The third-order valence-electron chi connectivity index (χ3n) is 2.93. The van der Waals surface area contributed by atoms with Gasteiger partial charge in [-0.05, 0) is 30.7 Å². The largest absolute Gasteiger partial charge is 0.354 e. The number of amides is 1. The lowest BCUT2D eigenvalue weighted by Gasteiger charge is -2.11. The standard InChI is InChI=1S/C12H13N3O3S/c1-8-4-11(3-2-9(8)6-13)19(17,18)15-10-5-12(16)14-7-10/h2-4,10,15H,5,7H2,1H3,(H,14,16). The van der Waals surface area contributed by atoms with Gasteiger partial charge in [-0.1, -0.05) is 0 Å². The summed E-state index contributed by atoms with van der Waals surface area (Å²) in [6, 6.07) is 5.87. The summed E-state index contributed by atoms with van der Waals surface area (Å²) in [6.07, 6.45) is 0.147. The van der Waals surface area contributed by atoms with Crippen molar-refractivity contribution >= 4 is 15.9 Å². The van der Waals surface area contributed by atoms with Gasteiger partial charge in [-0.25, -0.2) is 13.1 Å². The highest BCUT2D eigenvalue weighted by molar-refractivity contribution is 7.89. The molecule has 0 bridgehead atoms. The molecule has 1 unspecified atom stereocenters. The Morgan fingerprint density at radius 3 is 2.74 bits per heavy atom. The van der Waals surface area contributed by atoms with E-state index >= 15 is 0 Å². The quantitative estimate of drug-likeness (QED) is 0.815. The van der Waals surface area contributed by atoms with Gasteiger partial charge < -0.3 is 5.32 Å². The topological polar surface area (TPSA) is 99.1 Å². The van der Waals surface area contributed by atoms with Crippen molar-refractivity contribution in [1.29, 1.82) is 5.26 Å². The fourth-order valence-electron chi connectivity index (χ4n) is 1.90. The highest BCUT2D eigenvalue weighted by atomic mass is 32.2. The van der Waals surface area contributed by atoms with Crippen LogP contribution in [-0.2, 0) is 14.8 Å². The van der Waals surface area contributed by atoms with E-state index in [1.807, 2.05) is 6.07 Å². The minimum absolute atomic E-state index is 0.100. The Kier molecular flexibility index (Phi) is 3.55. The van der Waals surface area contributed by atoms with E-state index in [0.717, 1.165) is 0 Å². The number of nitrogens with one attached hydrogen (secondary N) is 2. The van der Waals surface area contributed by atoms with E-state index in [0.29, 0.717) is 17.7 Å². The van der Waals surface area contributed by atoms with Crippen LogP contribution >= 0.6 is 0 Å². The molecule has 1 aliphatic heterocycles. The molecule has 1 fully saturated rings. The molecule has 1 saturated heterocycles. The van der Waals surface area contributed by atoms with Crippen LogP contribution < -0.4 is 10.0 Å². The lowest BCUT2D eigenvalue weighted by atomic mass is 10.1. The van der Waals surface area contributed by atoms with Gasteiger partial charge in [-0.15, -0.1) is 0 Å². The van der Waals surface area contributed by atoms with Crippen LogP contribution in [0, 0.1) is 18.3 Å². The van der Waals surface area contributed by atoms with Gasteiger partial charge in [0.05, 0.1) is 16.5 Å². The van der Waals surface area contributed by atoms with Crippen LogP contribution in [0.2, 0.25) is 0 Å². The van der Waals surface area contributed by atoms with Crippen LogP contribution in [0.5, 0.6) is 0 Å². The highest BCUT2D eigenvalue weighted by Gasteiger charge is 2.26. The number of hydrogen-bond acceptors (Lipinski definition) is 4. The molecule has 0 spiro atoms. The first-order chi connectivity index (χ1) is 8.92. The first-order valence-corrected chi connectivity index (χ1v) is 7.20. The number of aryl methyl sites for hydroxylation is 1. The summed E-state index contributed by atoms with van der Waals surface area (Å²) >= 11 is 0. The fraction of sp³-hybridized carbons (Fsp3) is 0.333. The number of nitrogens with zero attached hydrogens (tertiary/aromatic N) is 1. The Balaban J connectivity index is 2.22. The van der Waals surface area contributed by atoms with Crippen molar-refractivity contribution in [3.63, 3.8) is 0 Å². The van der Waals surface area contributed by atoms with Gasteiger partial charge in [0, 0.05) is 19.0 Å². The summed E-state index contributed by atoms with van der Waals surface area (Å²) in [4.78, 5) is 11.1. The molecular weight excluding hydrogens is 266 g/mol. The van der Waals surface area contributed by atoms with Crippen LogP contribution in [0.25, 0.3) is 0 Å². The van der Waals surface area contributed by atoms with E-state index in [1.165, 1.54) is 18.2 Å². The molecule has 100 valence electrons. The van der Waals surface area contributed by atoms with Crippen molar-refractivity contribution in [3.05, 3.63) is 29.3 Å². The first kappa shape index (κ1) is 13.5. The van der Waals surface area contributed by atoms with Crippen LogP contribution in [0.15, 0.2) is 23.1 Å². The molecule has 19 heavy (non-hydrogen) atoms. The summed E-state index contributed by atoms with van der Waals surface area (Å²) in [6.45, 7) is 1.98. The van der Waals surface area contributed by atoms with Gasteiger partial charge in [-0.2, -0.15) is 5.26 Å². The Hall–Kier alpha value is -1.91. The molecule has 0 radical (unpaired) electrons. The maximum Gasteiger partial charge on any atom is 0.240 e. The molecule has 1 aliphatic rings. The number of hydrogen-bond donors (Lipinski definition) is 2. The minimum atomic E-state index is -3.67. The highest BCUT2D eigenvalue weighted by Crippen LogP contribution is 2.16. The third-order valence-corrected chi connectivity index (χ3v) is 4.45. The van der Waals surface area contributed by atoms with Crippen molar-refractivity contribution in [2.45, 2.75) is 24.3 Å². The summed E-state index contributed by atoms with van der Waals surface area (Å²) in [5.41, 5.74) is 1.04. The number of sulfonamides is 1. The molecule has 1 aromatic carbocycles. The molecule has 0 aromatic heterocycles. The molecule has 1 atom stereocenters. The zero-order valence-corrected chi connectivity index (χ0v) is 11.1. The van der Waals surface area contributed by atoms with E-state index in [1.54, 1.807) is 6.92 Å². The number of carbonyl (C=O) groups is 1. The van der Waals surface area contributed by atoms with E-state index < -0.39 is 16.1 Å². The molecular formula is C12H13N3O3S. The van der Waals surface area contributed by atoms with Crippen molar-refractivity contribution in [2.75, 3.05) is 6.54 Å². The summed E-state index contributed by atoms with van der Waals surface area (Å²) in [5.74, 6) is -0.163. The molecule has 2 N–H and O–H groups in total. The van der Waals surface area contributed by atoms with E-state index in [4.69, 9.17) is 5.26 Å². The Bertz CT molecular complexity index is 661. The molecule has 0 aliphatic carbocycles. The van der Waals surface area contributed by atoms with E-state index in [9.17, 15) is 13.2 Å². The molecule has 0 saturated carbocycles. The van der Waals surface area contributed by atoms with Gasteiger partial charge in [0.25, 0.3) is 0 Å². The molecule has 1 amide bonds. The molecule has 1 aromatic rings. The minimum Gasteiger partial charge on any atom is -0.354 e. The Labute approximate surface area is 111 Å². The van der Waals surface area contributed by atoms with Gasteiger partial charge >= 0.3 is 0 Å². The van der Waals surface area contributed by atoms with Crippen molar-refractivity contribution in [2.24, 2.45) is 0 Å². The normalized spacial score (nSPS) is 18.9. The average Bonchev–Trinajstić information content (AvgIpc) is 2.73. The van der Waals surface area contributed by atoms with Crippen LogP contribution in [0.4, 0.5) is 0 Å². The van der Waals surface area contributed by atoms with Crippen molar-refractivity contribution in [3.8, 4) is 6.07 Å². The second kappa shape index (κ2) is 4.99. The van der Waals surface area contributed by atoms with Crippen LogP contribution in [0.1, 0.15) is 17.5 Å². The van der Waals surface area contributed by atoms with Crippen molar-refractivity contribution < 1.29 is 13.2 Å². The maximum absolute atomic E-state index is 12.1. The number of benzene rings is 1. The van der Waals surface area contributed by atoms with Gasteiger partial charge in [-0.3, -0.25) is 4.79 Å². The molecule has 1 heterocycles. The van der Waals surface area contributed by atoms with Gasteiger partial charge in [0.1, 0.15) is 0 Å². The zero-order valence-electron chi connectivity index (χ0n) is 10.3. The zero-order chi connectivity index (χ0) is 14.0. The second-order valence-corrected chi connectivity index (χ2v) is 6.13. The Morgan fingerprint density at radius 2 is 2.21 bits per heavy atom. The molecule has 7 heteroatoms. The molecule has 6 nitrogen and oxygen atoms in total. The average molecular weight is 279 g/mol. The monoisotopic (exact) mass is 279 g/mol. The second-order valence-electron chi connectivity index (χ2n) is 4.41. The maximum atomic E-state index is 12.1. The smallest absolute Gasteiger partial charge is 0.240 e. The third kappa shape index (κ3) is 2.92. The SMILES string of the molecule is Cc1cc(S(=O)(=O)NC2CNC(=O)C2)ccc1C#N. The predicted molar refractivity (Wildman–Crippen MR) is 67.6 cm³/mol. The van der Waals surface area contributed by atoms with Crippen LogP contribution in [0.3, 0.4) is 0 Å². The molecule has 2 rings (SSSR count). The number of rotatable bonds is 3. The van der Waals surface area contributed by atoms with E-state index in [-0.39, 0.29) is 17.2 Å². The number of carbonyl (C=O) groups excluding carboxylic acids is 1. The van der Waals surface area contributed by atoms with Crippen molar-refractivity contribution in [1.82, 2.24) is 10.0 Å². The summed E-state index contributed by atoms with van der Waals surface area (Å²) in [7, 11) is -3.67. The summed E-state index contributed by atoms with van der Waals surface area (Å²) < 4.78 is 26.7. The fourth-order valence-corrected chi connectivity index (χ4v) is 3.23. The Morgan fingerprint density at radius 1 is 1.47 bits per heavy atom. The van der Waals surface area contributed by atoms with Crippen LogP contribution in [-0.4, -0.2) is 26.9 Å². The van der Waals surface area contributed by atoms with E-state index in [2.05, 4.69) is 10.0 Å². The first-order valence-electron chi connectivity index (χ1n) is 5.72. The lowest BCUT2D eigenvalue weighted by Crippen LogP contribution is -2.36.